The van der Waals surface area contributed by atoms with Crippen LogP contribution in [0.4, 0.5) is 15.9 Å². The molecule has 8 nitrogen and oxygen atoms in total. The van der Waals surface area contributed by atoms with Crippen molar-refractivity contribution < 1.29 is 4.39 Å². The second kappa shape index (κ2) is 8.82. The van der Waals surface area contributed by atoms with Crippen LogP contribution in [0.1, 0.15) is 30.8 Å². The second-order valence-electron chi connectivity index (χ2n) is 8.95. The van der Waals surface area contributed by atoms with Crippen LogP contribution in [0.3, 0.4) is 0 Å². The van der Waals surface area contributed by atoms with E-state index in [9.17, 15) is 4.39 Å². The van der Waals surface area contributed by atoms with Crippen LogP contribution in [-0.2, 0) is 19.4 Å². The Morgan fingerprint density at radius 3 is 2.91 bits per heavy atom. The number of aromatic amines is 1. The summed E-state index contributed by atoms with van der Waals surface area (Å²) in [6.45, 7) is 7.51. The lowest BCUT2D eigenvalue weighted by atomic mass is 9.95. The van der Waals surface area contributed by atoms with E-state index in [1.807, 2.05) is 17.0 Å². The highest BCUT2D eigenvalue weighted by Crippen LogP contribution is 2.34. The summed E-state index contributed by atoms with van der Waals surface area (Å²) in [5, 5.41) is 6.92. The number of halogens is 1. The number of nitrogens with zero attached hydrogens (tertiary/aromatic N) is 4. The van der Waals surface area contributed by atoms with E-state index in [2.05, 4.69) is 57.6 Å². The predicted octanol–water partition coefficient (Wildman–Crippen LogP) is 3.35. The van der Waals surface area contributed by atoms with Crippen molar-refractivity contribution in [3.8, 4) is 11.1 Å². The van der Waals surface area contributed by atoms with E-state index < -0.39 is 6.08 Å². The molecule has 0 saturated carbocycles. The molecule has 0 radical (unpaired) electrons. The molecule has 0 atom stereocenters. The Bertz CT molecular complexity index is 1280. The van der Waals surface area contributed by atoms with Crippen molar-refractivity contribution in [2.45, 2.75) is 33.2 Å². The first kappa shape index (κ1) is 21.4. The molecule has 1 aromatic carbocycles. The van der Waals surface area contributed by atoms with Gasteiger partial charge in [-0.3, -0.25) is 0 Å². The van der Waals surface area contributed by atoms with Gasteiger partial charge in [-0.05, 0) is 59.3 Å². The highest BCUT2D eigenvalue weighted by atomic mass is 19.1. The molecule has 0 unspecified atom stereocenters. The predicted molar refractivity (Wildman–Crippen MR) is 129 cm³/mol. The van der Waals surface area contributed by atoms with Crippen LogP contribution < -0.4 is 16.4 Å². The molecule has 33 heavy (non-hydrogen) atoms. The van der Waals surface area contributed by atoms with Crippen molar-refractivity contribution >= 4 is 22.7 Å². The summed E-state index contributed by atoms with van der Waals surface area (Å²) < 4.78 is 16.0. The Kier molecular flexibility index (Phi) is 5.72. The average Bonchev–Trinajstić information content (AvgIpc) is 3.51. The highest BCUT2D eigenvalue weighted by Gasteiger charge is 2.21. The molecule has 0 bridgehead atoms. The molecule has 1 aliphatic heterocycles. The monoisotopic (exact) mass is 448 g/mol. The van der Waals surface area contributed by atoms with Crippen LogP contribution >= 0.6 is 0 Å². The summed E-state index contributed by atoms with van der Waals surface area (Å²) in [6, 6.07) is 6.55. The van der Waals surface area contributed by atoms with Gasteiger partial charge in [0.1, 0.15) is 5.82 Å². The average molecular weight is 449 g/mol. The van der Waals surface area contributed by atoms with E-state index >= 15 is 0 Å². The van der Waals surface area contributed by atoms with Gasteiger partial charge in [0.2, 0.25) is 0 Å². The second-order valence-corrected chi connectivity index (χ2v) is 8.95. The largest absolute Gasteiger partial charge is 0.384 e. The van der Waals surface area contributed by atoms with Crippen LogP contribution in [0.25, 0.3) is 22.3 Å². The van der Waals surface area contributed by atoms with Crippen LogP contribution in [0.2, 0.25) is 0 Å². The van der Waals surface area contributed by atoms with Gasteiger partial charge in [0.15, 0.2) is 17.0 Å². The molecule has 5 N–H and O–H groups in total. The maximum atomic E-state index is 14.0. The SMILES string of the molecule is CC(C)CNCCn1c(Cc2cc3c(cc2-c2cc[nH]c2)CCN3)nc2c(N)nc(F)nc21. The molecule has 3 aromatic heterocycles. The fraction of sp³-hybridized carbons (Fsp3) is 0.375. The Hall–Kier alpha value is -3.46. The summed E-state index contributed by atoms with van der Waals surface area (Å²) in [7, 11) is 0. The van der Waals surface area contributed by atoms with Gasteiger partial charge in [-0.2, -0.15) is 14.4 Å². The number of rotatable bonds is 8. The number of benzene rings is 1. The number of nitrogens with two attached hydrogens (primary N) is 1. The van der Waals surface area contributed by atoms with Gasteiger partial charge in [-0.25, -0.2) is 4.98 Å². The Balaban J connectivity index is 1.56. The van der Waals surface area contributed by atoms with Crippen LogP contribution in [0, 0.1) is 12.0 Å². The highest BCUT2D eigenvalue weighted by molar-refractivity contribution is 5.82. The summed E-state index contributed by atoms with van der Waals surface area (Å²) >= 11 is 0. The zero-order chi connectivity index (χ0) is 22.9. The van der Waals surface area contributed by atoms with E-state index in [0.717, 1.165) is 48.7 Å². The van der Waals surface area contributed by atoms with Gasteiger partial charge in [0.25, 0.3) is 0 Å². The van der Waals surface area contributed by atoms with Gasteiger partial charge in [-0.1, -0.05) is 13.8 Å². The van der Waals surface area contributed by atoms with Crippen molar-refractivity contribution in [1.29, 1.82) is 0 Å². The van der Waals surface area contributed by atoms with E-state index in [-0.39, 0.29) is 5.82 Å². The molecule has 0 saturated heterocycles. The van der Waals surface area contributed by atoms with Crippen molar-refractivity contribution in [3.05, 3.63) is 53.6 Å². The number of hydrogen-bond donors (Lipinski definition) is 4. The van der Waals surface area contributed by atoms with Crippen molar-refractivity contribution in [1.82, 2.24) is 29.8 Å². The lowest BCUT2D eigenvalue weighted by molar-refractivity contribution is 0.517. The van der Waals surface area contributed by atoms with Gasteiger partial charge in [0.05, 0.1) is 0 Å². The number of imidazole rings is 1. The Morgan fingerprint density at radius 1 is 1.24 bits per heavy atom. The smallest absolute Gasteiger partial charge is 0.312 e. The quantitative estimate of drug-likeness (QED) is 0.243. The third kappa shape index (κ3) is 4.28. The maximum absolute atomic E-state index is 14.0. The number of hydrogen-bond acceptors (Lipinski definition) is 6. The first-order valence-corrected chi connectivity index (χ1v) is 11.4. The van der Waals surface area contributed by atoms with Crippen molar-refractivity contribution in [3.63, 3.8) is 0 Å². The minimum Gasteiger partial charge on any atom is -0.384 e. The van der Waals surface area contributed by atoms with Gasteiger partial charge in [-0.15, -0.1) is 0 Å². The fourth-order valence-electron chi connectivity index (χ4n) is 4.46. The molecular formula is C24H29FN8. The molecule has 4 heterocycles. The van der Waals surface area contributed by atoms with Crippen molar-refractivity contribution in [2.24, 2.45) is 5.92 Å². The summed E-state index contributed by atoms with van der Waals surface area (Å²) in [4.78, 5) is 15.6. The van der Waals surface area contributed by atoms with E-state index in [1.165, 1.54) is 11.1 Å². The zero-order valence-corrected chi connectivity index (χ0v) is 19.0. The number of H-pyrrole nitrogens is 1. The number of aromatic nitrogens is 5. The molecule has 4 aromatic rings. The summed E-state index contributed by atoms with van der Waals surface area (Å²) in [5.74, 6) is 1.40. The molecule has 0 fully saturated rings. The lowest BCUT2D eigenvalue weighted by Gasteiger charge is -2.14. The molecule has 5 rings (SSSR count). The van der Waals surface area contributed by atoms with Gasteiger partial charge in [0, 0.05) is 44.1 Å². The normalized spacial score (nSPS) is 13.1. The molecule has 1 aliphatic rings. The first-order chi connectivity index (χ1) is 16.0. The van der Waals surface area contributed by atoms with Gasteiger partial charge < -0.3 is 25.9 Å². The van der Waals surface area contributed by atoms with E-state index in [1.54, 1.807) is 0 Å². The third-order valence-corrected chi connectivity index (χ3v) is 6.03. The Morgan fingerprint density at radius 2 is 2.12 bits per heavy atom. The number of anilines is 2. The Labute approximate surface area is 191 Å². The number of nitrogen functional groups attached to an aromatic ring is 1. The van der Waals surface area contributed by atoms with E-state index in [0.29, 0.717) is 30.0 Å². The van der Waals surface area contributed by atoms with Gasteiger partial charge >= 0.3 is 6.08 Å². The zero-order valence-electron chi connectivity index (χ0n) is 19.0. The van der Waals surface area contributed by atoms with Crippen LogP contribution in [0.15, 0.2) is 30.6 Å². The molecule has 0 spiro atoms. The fourth-order valence-corrected chi connectivity index (χ4v) is 4.46. The topological polar surface area (TPSA) is 109 Å². The third-order valence-electron chi connectivity index (χ3n) is 6.03. The number of fused-ring (bicyclic) bond motifs is 2. The van der Waals surface area contributed by atoms with Crippen LogP contribution in [-0.4, -0.2) is 44.1 Å². The molecular weight excluding hydrogens is 419 g/mol. The standard InChI is InChI=1S/C24H29FN8/c1-14(2)12-28-7-8-33-20(30-21-22(26)31-24(25)32-23(21)33)11-17-10-19-15(4-6-29-19)9-18(17)16-3-5-27-13-16/h3,5,9-10,13-14,27-29H,4,6-8,11-12H2,1-2H3,(H2,26,31,32). The van der Waals surface area contributed by atoms with E-state index in [4.69, 9.17) is 10.7 Å². The molecule has 9 heteroatoms. The maximum Gasteiger partial charge on any atom is 0.312 e. The summed E-state index contributed by atoms with van der Waals surface area (Å²) in [5.41, 5.74) is 12.8. The molecule has 0 aliphatic carbocycles. The summed E-state index contributed by atoms with van der Waals surface area (Å²) in [6.07, 6.45) is 4.68. The number of nitrogens with one attached hydrogen (secondary N) is 3. The minimum atomic E-state index is -0.836. The first-order valence-electron chi connectivity index (χ1n) is 11.4. The lowest BCUT2D eigenvalue weighted by Crippen LogP contribution is -2.25. The molecule has 172 valence electrons. The van der Waals surface area contributed by atoms with Crippen molar-refractivity contribution in [2.75, 3.05) is 30.7 Å². The molecule has 0 amide bonds. The van der Waals surface area contributed by atoms with Crippen LogP contribution in [0.5, 0.6) is 0 Å². The minimum absolute atomic E-state index is 0.0640.